The molecule has 0 radical (unpaired) electrons. The standard InChI is InChI=1S/C16H22F12O2Si2/c1-31(2,29)9-5-7-11(17,18)13(21,22)15(25,26)16(27,28)14(23,24)12(19,20)8-6-10-32(3,4)30/h5-6,9-10,29-30H,7-8H2,1-4H3/b9-5+,10-6+. The maximum absolute atomic E-state index is 13.8. The topological polar surface area (TPSA) is 40.5 Å². The number of rotatable bonds is 11. The van der Waals surface area contributed by atoms with Crippen molar-refractivity contribution in [2.45, 2.75) is 74.6 Å². The number of allylic oxidation sites excluding steroid dienone is 2. The van der Waals surface area contributed by atoms with Crippen LogP contribution in [0, 0.1) is 0 Å². The van der Waals surface area contributed by atoms with Crippen LogP contribution in [0.1, 0.15) is 12.8 Å². The minimum atomic E-state index is -7.62. The highest BCUT2D eigenvalue weighted by Gasteiger charge is 2.89. The number of alkyl halides is 12. The second-order valence-electron chi connectivity index (χ2n) is 8.23. The Hall–Kier alpha value is -1.01. The molecule has 32 heavy (non-hydrogen) atoms. The Balaban J connectivity index is 6.17. The molecule has 0 saturated carbocycles. The van der Waals surface area contributed by atoms with E-state index in [0.717, 1.165) is 26.2 Å². The van der Waals surface area contributed by atoms with Crippen LogP contribution in [0.2, 0.25) is 26.2 Å². The van der Waals surface area contributed by atoms with Gasteiger partial charge in [-0.15, -0.1) is 0 Å². The Morgan fingerprint density at radius 2 is 0.719 bits per heavy atom. The van der Waals surface area contributed by atoms with Crippen LogP contribution in [0.4, 0.5) is 52.7 Å². The lowest BCUT2D eigenvalue weighted by Gasteiger charge is -2.41. The fraction of sp³-hybridized carbons (Fsp3) is 0.750. The van der Waals surface area contributed by atoms with Crippen molar-refractivity contribution >= 4 is 16.6 Å². The molecular formula is C16H22F12O2Si2. The van der Waals surface area contributed by atoms with Crippen molar-refractivity contribution in [2.75, 3.05) is 0 Å². The molecular weight excluding hydrogens is 508 g/mol. The first kappa shape index (κ1) is 31.0. The lowest BCUT2D eigenvalue weighted by Crippen LogP contribution is -2.70. The van der Waals surface area contributed by atoms with Crippen LogP contribution in [0.15, 0.2) is 23.6 Å². The smallest absolute Gasteiger partial charge is 0.384 e. The van der Waals surface area contributed by atoms with Gasteiger partial charge in [0.05, 0.1) is 0 Å². The Morgan fingerprint density at radius 1 is 0.500 bits per heavy atom. The average Bonchev–Trinajstić information content (AvgIpc) is 2.50. The van der Waals surface area contributed by atoms with Crippen molar-refractivity contribution in [3.05, 3.63) is 23.6 Å². The van der Waals surface area contributed by atoms with E-state index in [1.54, 1.807) is 0 Å². The van der Waals surface area contributed by atoms with E-state index in [1.165, 1.54) is 0 Å². The summed E-state index contributed by atoms with van der Waals surface area (Å²) in [4.78, 5) is 18.7. The third-order valence-corrected chi connectivity index (χ3v) is 6.00. The highest BCUT2D eigenvalue weighted by atomic mass is 28.4. The van der Waals surface area contributed by atoms with Crippen molar-refractivity contribution < 1.29 is 62.3 Å². The molecule has 0 bridgehead atoms. The van der Waals surface area contributed by atoms with Gasteiger partial charge in [-0.1, -0.05) is 23.6 Å². The summed E-state index contributed by atoms with van der Waals surface area (Å²) < 4.78 is 165. The van der Waals surface area contributed by atoms with E-state index in [0.29, 0.717) is 11.4 Å². The zero-order chi connectivity index (χ0) is 26.2. The van der Waals surface area contributed by atoms with Gasteiger partial charge in [0, 0.05) is 12.8 Å². The normalized spacial score (nSPS) is 16.4. The molecule has 0 amide bonds. The first-order chi connectivity index (χ1) is 13.7. The van der Waals surface area contributed by atoms with Crippen LogP contribution in [-0.2, 0) is 0 Å². The molecule has 0 heterocycles. The molecule has 2 N–H and O–H groups in total. The van der Waals surface area contributed by atoms with Crippen LogP contribution in [-0.4, -0.2) is 61.8 Å². The van der Waals surface area contributed by atoms with Gasteiger partial charge >= 0.3 is 35.5 Å². The SMILES string of the molecule is C[Si](C)(O)/C=C/CC(F)(F)C(F)(F)C(F)(F)C(F)(F)C(F)(F)C(F)(F)C/C=C/[Si](C)(C)O. The van der Waals surface area contributed by atoms with Gasteiger partial charge in [-0.2, -0.15) is 52.7 Å². The highest BCUT2D eigenvalue weighted by molar-refractivity contribution is 6.75. The van der Waals surface area contributed by atoms with E-state index in [-0.39, 0.29) is 12.2 Å². The zero-order valence-corrected chi connectivity index (χ0v) is 19.2. The zero-order valence-electron chi connectivity index (χ0n) is 17.2. The molecule has 0 aliphatic heterocycles. The molecule has 190 valence electrons. The Labute approximate surface area is 177 Å². The molecule has 2 nitrogen and oxygen atoms in total. The number of halogens is 12. The van der Waals surface area contributed by atoms with E-state index < -0.39 is 65.0 Å². The first-order valence-corrected chi connectivity index (χ1v) is 14.8. The second kappa shape index (κ2) is 8.98. The molecule has 16 heteroatoms. The van der Waals surface area contributed by atoms with Gasteiger partial charge in [0.1, 0.15) is 0 Å². The third kappa shape index (κ3) is 6.31. The Morgan fingerprint density at radius 3 is 0.906 bits per heavy atom. The Kier molecular flexibility index (Phi) is 8.70. The molecule has 0 rings (SSSR count). The minimum Gasteiger partial charge on any atom is -0.428 e. The summed E-state index contributed by atoms with van der Waals surface area (Å²) in [5.41, 5.74) is 1.10. The van der Waals surface area contributed by atoms with Gasteiger partial charge in [-0.3, -0.25) is 0 Å². The van der Waals surface area contributed by atoms with E-state index in [1.807, 2.05) is 0 Å². The largest absolute Gasteiger partial charge is 0.428 e. The molecule has 0 aromatic heterocycles. The Bertz CT molecular complexity index is 647. The number of hydrogen-bond donors (Lipinski definition) is 2. The fourth-order valence-corrected chi connectivity index (χ4v) is 3.49. The van der Waals surface area contributed by atoms with Crippen LogP contribution in [0.5, 0.6) is 0 Å². The van der Waals surface area contributed by atoms with Crippen molar-refractivity contribution in [1.29, 1.82) is 0 Å². The lowest BCUT2D eigenvalue weighted by atomic mass is 9.89. The number of hydrogen-bond acceptors (Lipinski definition) is 2. The summed E-state index contributed by atoms with van der Waals surface area (Å²) in [5, 5.41) is 0. The molecule has 0 atom stereocenters. The molecule has 0 fully saturated rings. The van der Waals surface area contributed by atoms with Gasteiger partial charge in [0.2, 0.25) is 16.6 Å². The maximum atomic E-state index is 13.8. The lowest BCUT2D eigenvalue weighted by molar-refractivity contribution is -0.424. The van der Waals surface area contributed by atoms with Crippen molar-refractivity contribution in [3.63, 3.8) is 0 Å². The van der Waals surface area contributed by atoms with Gasteiger partial charge < -0.3 is 9.59 Å². The van der Waals surface area contributed by atoms with Crippen molar-refractivity contribution in [1.82, 2.24) is 0 Å². The predicted octanol–water partition coefficient (Wildman–Crippen LogP) is 6.16. The minimum absolute atomic E-state index is 0.0758. The molecule has 0 spiro atoms. The average molecular weight is 530 g/mol. The van der Waals surface area contributed by atoms with Gasteiger partial charge in [0.15, 0.2) is 0 Å². The molecule has 0 saturated heterocycles. The summed E-state index contributed by atoms with van der Waals surface area (Å²) >= 11 is 0. The van der Waals surface area contributed by atoms with Crippen LogP contribution in [0.3, 0.4) is 0 Å². The van der Waals surface area contributed by atoms with E-state index >= 15 is 0 Å². The van der Waals surface area contributed by atoms with Gasteiger partial charge in [0.25, 0.3) is 0 Å². The maximum Gasteiger partial charge on any atom is 0.384 e. The first-order valence-electron chi connectivity index (χ1n) is 8.73. The van der Waals surface area contributed by atoms with Crippen molar-refractivity contribution in [3.8, 4) is 0 Å². The van der Waals surface area contributed by atoms with Crippen LogP contribution >= 0.6 is 0 Å². The predicted molar refractivity (Wildman–Crippen MR) is 96.6 cm³/mol. The molecule has 0 aliphatic carbocycles. The van der Waals surface area contributed by atoms with Gasteiger partial charge in [-0.05, 0) is 26.2 Å². The summed E-state index contributed by atoms with van der Waals surface area (Å²) in [5.74, 6) is -41.8. The van der Waals surface area contributed by atoms with Crippen molar-refractivity contribution in [2.24, 2.45) is 0 Å². The van der Waals surface area contributed by atoms with Crippen LogP contribution < -0.4 is 0 Å². The summed E-state index contributed by atoms with van der Waals surface area (Å²) in [6.07, 6.45) is -4.59. The summed E-state index contributed by atoms with van der Waals surface area (Å²) in [6.45, 7) is 4.33. The van der Waals surface area contributed by atoms with E-state index in [2.05, 4.69) is 0 Å². The fourth-order valence-electron chi connectivity index (χ4n) is 2.10. The second-order valence-corrected chi connectivity index (χ2v) is 15.5. The van der Waals surface area contributed by atoms with E-state index in [9.17, 15) is 62.3 Å². The highest BCUT2D eigenvalue weighted by Crippen LogP contribution is 2.61. The summed E-state index contributed by atoms with van der Waals surface area (Å²) in [7, 11) is -6.63. The van der Waals surface area contributed by atoms with Gasteiger partial charge in [-0.25, -0.2) is 0 Å². The van der Waals surface area contributed by atoms with E-state index in [4.69, 9.17) is 0 Å². The monoisotopic (exact) mass is 530 g/mol. The molecule has 0 aliphatic rings. The summed E-state index contributed by atoms with van der Waals surface area (Å²) in [6, 6.07) is 0. The molecule has 0 aromatic rings. The third-order valence-electron chi connectivity index (χ3n) is 3.90. The quantitative estimate of drug-likeness (QED) is 0.248. The molecule has 0 unspecified atom stereocenters. The molecule has 0 aromatic carbocycles. The van der Waals surface area contributed by atoms with Crippen LogP contribution in [0.25, 0.3) is 0 Å².